The number of halogens is 3. The fourth-order valence-corrected chi connectivity index (χ4v) is 2.65. The van der Waals surface area contributed by atoms with Gasteiger partial charge in [0.05, 0.1) is 17.3 Å². The molecule has 0 saturated heterocycles. The fraction of sp³-hybridized carbons (Fsp3) is 0.133. The van der Waals surface area contributed by atoms with Crippen LogP contribution in [0, 0.1) is 17.3 Å². The van der Waals surface area contributed by atoms with E-state index >= 15 is 0 Å². The van der Waals surface area contributed by atoms with Gasteiger partial charge in [-0.1, -0.05) is 47.1 Å². The molecule has 0 aliphatic heterocycles. The van der Waals surface area contributed by atoms with Gasteiger partial charge in [-0.05, 0) is 17.7 Å². The summed E-state index contributed by atoms with van der Waals surface area (Å²) in [5, 5.41) is 7.88. The van der Waals surface area contributed by atoms with Crippen LogP contribution in [-0.4, -0.2) is 16.7 Å². The van der Waals surface area contributed by atoms with Crippen molar-refractivity contribution in [2.45, 2.75) is 5.75 Å². The molecule has 0 unspecified atom stereocenters. The minimum Gasteiger partial charge on any atom is -0.467 e. The average molecular weight is 386 g/mol. The molecule has 0 aliphatic rings. The summed E-state index contributed by atoms with van der Waals surface area (Å²) in [4.78, 5) is 15.2. The van der Waals surface area contributed by atoms with Crippen LogP contribution in [0.2, 0.25) is 10.0 Å². The first-order valence-electron chi connectivity index (χ1n) is 6.49. The molecule has 1 aromatic carbocycles. The topological polar surface area (TPSA) is 89.0 Å². The lowest BCUT2D eigenvalue weighted by atomic mass is 10.2. The summed E-state index contributed by atoms with van der Waals surface area (Å²) in [6.07, 6.45) is 0. The second kappa shape index (κ2) is 8.20. The van der Waals surface area contributed by atoms with Crippen LogP contribution < -0.4 is 10.5 Å². The average Bonchev–Trinajstić information content (AvgIpc) is 2.60. The maximum atomic E-state index is 13.4. The van der Waals surface area contributed by atoms with Gasteiger partial charge in [0.25, 0.3) is 0 Å². The number of nitrogens with zero attached hydrogens (tertiary/aromatic N) is 2. The lowest BCUT2D eigenvalue weighted by Gasteiger charge is -2.09. The molecule has 124 valence electrons. The molecule has 2 aromatic rings. The first kappa shape index (κ1) is 18.3. The fourth-order valence-electron chi connectivity index (χ4n) is 1.61. The third kappa shape index (κ3) is 4.51. The van der Waals surface area contributed by atoms with Crippen LogP contribution in [0.1, 0.15) is 11.1 Å². The molecule has 0 amide bonds. The number of hydrogen-bond donors (Lipinski definition) is 1. The van der Waals surface area contributed by atoms with Crippen molar-refractivity contribution in [1.29, 1.82) is 5.26 Å². The number of ether oxygens (including phenoxy) is 1. The molecule has 0 spiro atoms. The molecule has 0 saturated carbocycles. The van der Waals surface area contributed by atoms with E-state index in [0.29, 0.717) is 11.3 Å². The van der Waals surface area contributed by atoms with Gasteiger partial charge >= 0.3 is 0 Å². The van der Waals surface area contributed by atoms with Crippen molar-refractivity contribution in [2.24, 2.45) is 0 Å². The highest BCUT2D eigenvalue weighted by molar-refractivity contribution is 8.13. The maximum absolute atomic E-state index is 13.4. The molecule has 1 aromatic heterocycles. The Hall–Kier alpha value is -2.01. The zero-order valence-corrected chi connectivity index (χ0v) is 14.4. The molecular formula is C15H10Cl2FN3O2S. The molecule has 1 heterocycles. The van der Waals surface area contributed by atoms with Crippen molar-refractivity contribution in [3.8, 4) is 11.9 Å². The van der Waals surface area contributed by atoms with E-state index in [-0.39, 0.29) is 28.3 Å². The molecule has 24 heavy (non-hydrogen) atoms. The maximum Gasteiger partial charge on any atom is 0.238 e. The number of nitrogens with two attached hydrogens (primary N) is 1. The van der Waals surface area contributed by atoms with E-state index in [1.54, 1.807) is 24.3 Å². The number of thioether (sulfide) groups is 1. The van der Waals surface area contributed by atoms with Crippen molar-refractivity contribution in [3.05, 3.63) is 51.4 Å². The van der Waals surface area contributed by atoms with E-state index < -0.39 is 11.0 Å². The molecule has 0 radical (unpaired) electrons. The first-order valence-corrected chi connectivity index (χ1v) is 8.24. The molecule has 2 N–H and O–H groups in total. The Morgan fingerprint density at radius 2 is 2.00 bits per heavy atom. The number of rotatable bonds is 5. The van der Waals surface area contributed by atoms with Crippen LogP contribution in [0.5, 0.6) is 5.88 Å². The van der Waals surface area contributed by atoms with Crippen molar-refractivity contribution in [3.63, 3.8) is 0 Å². The van der Waals surface area contributed by atoms with Crippen LogP contribution in [0.3, 0.4) is 0 Å². The second-order valence-corrected chi connectivity index (χ2v) is 6.30. The summed E-state index contributed by atoms with van der Waals surface area (Å²) in [6, 6.07) is 8.86. The summed E-state index contributed by atoms with van der Waals surface area (Å²) >= 11 is 12.4. The van der Waals surface area contributed by atoms with E-state index in [9.17, 15) is 9.18 Å². The van der Waals surface area contributed by atoms with E-state index in [4.69, 9.17) is 38.9 Å². The van der Waals surface area contributed by atoms with Crippen LogP contribution in [-0.2, 0) is 10.5 Å². The van der Waals surface area contributed by atoms with Gasteiger partial charge in [0.15, 0.2) is 6.61 Å². The second-order valence-electron chi connectivity index (χ2n) is 4.51. The molecule has 0 bridgehead atoms. The van der Waals surface area contributed by atoms with Gasteiger partial charge in [0, 0.05) is 5.75 Å². The van der Waals surface area contributed by atoms with Crippen LogP contribution in [0.15, 0.2) is 24.3 Å². The normalized spacial score (nSPS) is 10.2. The van der Waals surface area contributed by atoms with E-state index in [1.165, 1.54) is 0 Å². The van der Waals surface area contributed by atoms with Gasteiger partial charge < -0.3 is 10.5 Å². The van der Waals surface area contributed by atoms with Gasteiger partial charge in [-0.3, -0.25) is 4.79 Å². The van der Waals surface area contributed by atoms with E-state index in [0.717, 1.165) is 17.3 Å². The Bertz CT molecular complexity index is 810. The molecule has 0 aliphatic carbocycles. The molecular weight excluding hydrogens is 376 g/mol. The van der Waals surface area contributed by atoms with Crippen molar-refractivity contribution in [1.82, 2.24) is 4.98 Å². The van der Waals surface area contributed by atoms with E-state index in [1.807, 2.05) is 6.07 Å². The smallest absolute Gasteiger partial charge is 0.238 e. The quantitative estimate of drug-likeness (QED) is 0.786. The minimum absolute atomic E-state index is 0.147. The summed E-state index contributed by atoms with van der Waals surface area (Å²) in [7, 11) is 0. The SMILES string of the molecule is N#Cc1ccc(CSC(=O)COc2nc(F)c(Cl)c(N)c2Cl)cc1. The van der Waals surface area contributed by atoms with Crippen LogP contribution in [0.25, 0.3) is 0 Å². The number of carbonyl (C=O) groups excluding carboxylic acids is 1. The highest BCUT2D eigenvalue weighted by Gasteiger charge is 2.17. The summed E-state index contributed by atoms with van der Waals surface area (Å²) in [5.41, 5.74) is 6.74. The Labute approximate surface area is 151 Å². The van der Waals surface area contributed by atoms with Gasteiger partial charge in [0.2, 0.25) is 16.9 Å². The number of aromatic nitrogens is 1. The van der Waals surface area contributed by atoms with Crippen LogP contribution in [0.4, 0.5) is 10.1 Å². The Kier molecular flexibility index (Phi) is 6.26. The number of nitrogen functional groups attached to an aromatic ring is 1. The minimum atomic E-state index is -1.02. The molecule has 9 heteroatoms. The molecule has 2 rings (SSSR count). The van der Waals surface area contributed by atoms with Crippen molar-refractivity contribution >= 4 is 45.8 Å². The van der Waals surface area contributed by atoms with E-state index in [2.05, 4.69) is 4.98 Å². The summed E-state index contributed by atoms with van der Waals surface area (Å²) in [5.74, 6) is -0.902. The Morgan fingerprint density at radius 3 is 2.62 bits per heavy atom. The Balaban J connectivity index is 1.90. The summed E-state index contributed by atoms with van der Waals surface area (Å²) < 4.78 is 18.5. The van der Waals surface area contributed by atoms with Gasteiger partial charge in [-0.2, -0.15) is 14.6 Å². The standard InChI is InChI=1S/C15H10Cl2FN3O2S/c16-11-13(20)12(17)15(21-14(11)18)23-6-10(22)24-7-9-3-1-8(5-19)2-4-9/h1-4H,6-7H2,(H2,20,21). The van der Waals surface area contributed by atoms with Gasteiger partial charge in [-0.25, -0.2) is 0 Å². The van der Waals surface area contributed by atoms with Crippen LogP contribution >= 0.6 is 35.0 Å². The monoisotopic (exact) mass is 385 g/mol. The Morgan fingerprint density at radius 1 is 1.33 bits per heavy atom. The predicted molar refractivity (Wildman–Crippen MR) is 91.6 cm³/mol. The number of pyridine rings is 1. The summed E-state index contributed by atoms with van der Waals surface area (Å²) in [6.45, 7) is -0.353. The van der Waals surface area contributed by atoms with Crippen molar-refractivity contribution < 1.29 is 13.9 Å². The number of benzene rings is 1. The van der Waals surface area contributed by atoms with Crippen molar-refractivity contribution in [2.75, 3.05) is 12.3 Å². The highest BCUT2D eigenvalue weighted by Crippen LogP contribution is 2.35. The number of anilines is 1. The molecule has 5 nitrogen and oxygen atoms in total. The third-order valence-electron chi connectivity index (χ3n) is 2.85. The highest BCUT2D eigenvalue weighted by atomic mass is 35.5. The third-order valence-corrected chi connectivity index (χ3v) is 4.49. The largest absolute Gasteiger partial charge is 0.467 e. The number of hydrogen-bond acceptors (Lipinski definition) is 6. The zero-order valence-electron chi connectivity index (χ0n) is 12.1. The number of carbonyl (C=O) groups is 1. The lowest BCUT2D eigenvalue weighted by molar-refractivity contribution is -0.112. The van der Waals surface area contributed by atoms with Gasteiger partial charge in [-0.15, -0.1) is 0 Å². The first-order chi connectivity index (χ1) is 11.4. The predicted octanol–water partition coefficient (Wildman–Crippen LogP) is 3.82. The van der Waals surface area contributed by atoms with Gasteiger partial charge in [0.1, 0.15) is 10.0 Å². The number of nitriles is 1. The molecule has 0 atom stereocenters. The lowest BCUT2D eigenvalue weighted by Crippen LogP contribution is -2.10. The zero-order chi connectivity index (χ0) is 17.7. The molecule has 0 fully saturated rings.